The number of para-hydroxylation sites is 1. The first-order chi connectivity index (χ1) is 10.5. The smallest absolute Gasteiger partial charge is 0.328 e. The maximum absolute atomic E-state index is 11.1. The lowest BCUT2D eigenvalue weighted by Gasteiger charge is -2.08. The number of carboxylic acids is 1. The molecule has 112 valence electrons. The van der Waals surface area contributed by atoms with Gasteiger partial charge in [0.15, 0.2) is 0 Å². The van der Waals surface area contributed by atoms with E-state index in [4.69, 9.17) is 21.4 Å². The SMILES string of the molecule is O=C(O)C=Cc1ccc(Oc2ccccc2Cl)c([N+](=O)[O-])c1. The van der Waals surface area contributed by atoms with Gasteiger partial charge in [0.05, 0.1) is 9.95 Å². The summed E-state index contributed by atoms with van der Waals surface area (Å²) in [6, 6.07) is 10.7. The van der Waals surface area contributed by atoms with Crippen LogP contribution in [0.15, 0.2) is 48.5 Å². The number of hydrogen-bond acceptors (Lipinski definition) is 4. The van der Waals surface area contributed by atoms with Crippen molar-refractivity contribution in [2.45, 2.75) is 0 Å². The monoisotopic (exact) mass is 319 g/mol. The molecule has 0 aliphatic carbocycles. The van der Waals surface area contributed by atoms with Gasteiger partial charge in [-0.15, -0.1) is 0 Å². The number of hydrogen-bond donors (Lipinski definition) is 1. The Kier molecular flexibility index (Phi) is 4.75. The van der Waals surface area contributed by atoms with Crippen LogP contribution in [0.2, 0.25) is 5.02 Å². The van der Waals surface area contributed by atoms with Crippen molar-refractivity contribution in [1.29, 1.82) is 0 Å². The van der Waals surface area contributed by atoms with E-state index in [1.54, 1.807) is 24.3 Å². The summed E-state index contributed by atoms with van der Waals surface area (Å²) in [6.07, 6.45) is 2.16. The van der Waals surface area contributed by atoms with Crippen molar-refractivity contribution >= 4 is 29.3 Å². The highest BCUT2D eigenvalue weighted by Crippen LogP contribution is 2.35. The van der Waals surface area contributed by atoms with Crippen LogP contribution >= 0.6 is 11.6 Å². The molecule has 0 fully saturated rings. The molecule has 6 nitrogen and oxygen atoms in total. The molecule has 2 rings (SSSR count). The van der Waals surface area contributed by atoms with Gasteiger partial charge in [-0.1, -0.05) is 29.8 Å². The first kappa shape index (κ1) is 15.5. The van der Waals surface area contributed by atoms with E-state index in [1.165, 1.54) is 24.3 Å². The van der Waals surface area contributed by atoms with Gasteiger partial charge in [-0.05, 0) is 29.8 Å². The van der Waals surface area contributed by atoms with Crippen LogP contribution in [-0.4, -0.2) is 16.0 Å². The molecule has 7 heteroatoms. The molecule has 2 aromatic rings. The van der Waals surface area contributed by atoms with E-state index in [-0.39, 0.29) is 11.4 Å². The van der Waals surface area contributed by atoms with Crippen molar-refractivity contribution in [3.05, 3.63) is 69.2 Å². The highest BCUT2D eigenvalue weighted by molar-refractivity contribution is 6.32. The summed E-state index contributed by atoms with van der Waals surface area (Å²) in [6.45, 7) is 0. The van der Waals surface area contributed by atoms with Crippen LogP contribution in [0, 0.1) is 10.1 Å². The van der Waals surface area contributed by atoms with Crippen LogP contribution in [0.1, 0.15) is 5.56 Å². The maximum atomic E-state index is 11.1. The summed E-state index contributed by atoms with van der Waals surface area (Å²) in [5.41, 5.74) is 0.0908. The Bertz CT molecular complexity index is 757. The van der Waals surface area contributed by atoms with Gasteiger partial charge in [0.1, 0.15) is 5.75 Å². The minimum absolute atomic E-state index is 0.0191. The predicted octanol–water partition coefficient (Wildman–Crippen LogP) is 4.14. The summed E-state index contributed by atoms with van der Waals surface area (Å²) < 4.78 is 5.47. The third-order valence-corrected chi connectivity index (χ3v) is 2.97. The summed E-state index contributed by atoms with van der Waals surface area (Å²) in [5, 5.41) is 20.0. The highest BCUT2D eigenvalue weighted by atomic mass is 35.5. The van der Waals surface area contributed by atoms with Gasteiger partial charge >= 0.3 is 11.7 Å². The summed E-state index contributed by atoms with van der Waals surface area (Å²) in [5.74, 6) is -0.828. The third-order valence-electron chi connectivity index (χ3n) is 2.65. The number of carbonyl (C=O) groups is 1. The number of benzene rings is 2. The van der Waals surface area contributed by atoms with Gasteiger partial charge in [0.2, 0.25) is 5.75 Å². The van der Waals surface area contributed by atoms with E-state index < -0.39 is 10.9 Å². The number of ether oxygens (including phenoxy) is 1. The fourth-order valence-electron chi connectivity index (χ4n) is 1.68. The van der Waals surface area contributed by atoms with Crippen LogP contribution in [0.4, 0.5) is 5.69 Å². The number of aliphatic carboxylic acids is 1. The van der Waals surface area contributed by atoms with Crippen molar-refractivity contribution in [1.82, 2.24) is 0 Å². The largest absolute Gasteiger partial charge is 0.478 e. The average molecular weight is 320 g/mol. The second-order valence-electron chi connectivity index (χ2n) is 4.19. The Hall–Kier alpha value is -2.86. The first-order valence-corrected chi connectivity index (χ1v) is 6.47. The normalized spacial score (nSPS) is 10.6. The average Bonchev–Trinajstić information content (AvgIpc) is 2.48. The lowest BCUT2D eigenvalue weighted by Crippen LogP contribution is -1.95. The van der Waals surface area contributed by atoms with Crippen molar-refractivity contribution in [2.24, 2.45) is 0 Å². The van der Waals surface area contributed by atoms with Crippen LogP contribution in [0.3, 0.4) is 0 Å². The predicted molar refractivity (Wildman–Crippen MR) is 81.3 cm³/mol. The van der Waals surface area contributed by atoms with Crippen molar-refractivity contribution in [3.8, 4) is 11.5 Å². The number of nitrogens with zero attached hydrogens (tertiary/aromatic N) is 1. The Labute approximate surface area is 130 Å². The lowest BCUT2D eigenvalue weighted by molar-refractivity contribution is -0.385. The zero-order valence-electron chi connectivity index (χ0n) is 11.1. The molecule has 0 atom stereocenters. The summed E-state index contributed by atoms with van der Waals surface area (Å²) >= 11 is 5.95. The van der Waals surface area contributed by atoms with E-state index in [2.05, 4.69) is 0 Å². The molecule has 0 aromatic heterocycles. The molecule has 0 heterocycles. The van der Waals surface area contributed by atoms with Crippen LogP contribution in [0.25, 0.3) is 6.08 Å². The topological polar surface area (TPSA) is 89.7 Å². The van der Waals surface area contributed by atoms with Gasteiger partial charge in [0.25, 0.3) is 0 Å². The minimum atomic E-state index is -1.14. The van der Waals surface area contributed by atoms with Crippen LogP contribution in [0.5, 0.6) is 11.5 Å². The minimum Gasteiger partial charge on any atom is -0.478 e. The maximum Gasteiger partial charge on any atom is 0.328 e. The zero-order valence-corrected chi connectivity index (χ0v) is 11.9. The van der Waals surface area contributed by atoms with Crippen molar-refractivity contribution in [3.63, 3.8) is 0 Å². The van der Waals surface area contributed by atoms with Gasteiger partial charge in [0, 0.05) is 12.1 Å². The fourth-order valence-corrected chi connectivity index (χ4v) is 1.85. The number of nitro benzene ring substituents is 1. The molecule has 2 aromatic carbocycles. The molecule has 22 heavy (non-hydrogen) atoms. The van der Waals surface area contributed by atoms with Gasteiger partial charge in [-0.3, -0.25) is 10.1 Å². The molecule has 0 radical (unpaired) electrons. The molecule has 1 N–H and O–H groups in total. The van der Waals surface area contributed by atoms with E-state index in [0.717, 1.165) is 6.08 Å². The van der Waals surface area contributed by atoms with Gasteiger partial charge < -0.3 is 9.84 Å². The molecule has 0 aliphatic heterocycles. The number of halogens is 1. The number of rotatable bonds is 5. The lowest BCUT2D eigenvalue weighted by atomic mass is 10.1. The standard InChI is InChI=1S/C15H10ClNO5/c16-11-3-1-2-4-13(11)22-14-7-5-10(6-8-15(18)19)9-12(14)17(20)21/h1-9H,(H,18,19). The fraction of sp³-hybridized carbons (Fsp3) is 0. The Morgan fingerprint density at radius 2 is 1.95 bits per heavy atom. The Morgan fingerprint density at radius 1 is 1.23 bits per heavy atom. The zero-order chi connectivity index (χ0) is 16.1. The van der Waals surface area contributed by atoms with Crippen molar-refractivity contribution < 1.29 is 19.6 Å². The molecule has 0 aliphatic rings. The molecule has 0 amide bonds. The number of carboxylic acid groups (broad SMARTS) is 1. The highest BCUT2D eigenvalue weighted by Gasteiger charge is 2.17. The number of nitro groups is 1. The first-order valence-electron chi connectivity index (χ1n) is 6.09. The van der Waals surface area contributed by atoms with Gasteiger partial charge in [-0.2, -0.15) is 0 Å². The molecular weight excluding hydrogens is 310 g/mol. The summed E-state index contributed by atoms with van der Waals surface area (Å²) in [7, 11) is 0. The Balaban J connectivity index is 2.37. The van der Waals surface area contributed by atoms with E-state index >= 15 is 0 Å². The van der Waals surface area contributed by atoms with Crippen LogP contribution < -0.4 is 4.74 Å². The van der Waals surface area contributed by atoms with Crippen molar-refractivity contribution in [2.75, 3.05) is 0 Å². The van der Waals surface area contributed by atoms with E-state index in [0.29, 0.717) is 16.3 Å². The molecule has 0 spiro atoms. The molecule has 0 saturated carbocycles. The third kappa shape index (κ3) is 3.83. The Morgan fingerprint density at radius 3 is 2.59 bits per heavy atom. The van der Waals surface area contributed by atoms with Gasteiger partial charge in [-0.25, -0.2) is 4.79 Å². The molecule has 0 bridgehead atoms. The molecular formula is C15H10ClNO5. The second kappa shape index (κ2) is 6.73. The van der Waals surface area contributed by atoms with E-state index in [9.17, 15) is 14.9 Å². The summed E-state index contributed by atoms with van der Waals surface area (Å²) in [4.78, 5) is 21.0. The van der Waals surface area contributed by atoms with Crippen LogP contribution in [-0.2, 0) is 4.79 Å². The second-order valence-corrected chi connectivity index (χ2v) is 4.60. The molecule has 0 unspecified atom stereocenters. The van der Waals surface area contributed by atoms with E-state index in [1.807, 2.05) is 0 Å². The quantitative estimate of drug-likeness (QED) is 0.508. The molecule has 0 saturated heterocycles.